The number of aliphatic imine (C=N–C) groups is 3. The monoisotopic (exact) mass is 621 g/mol. The highest BCUT2D eigenvalue weighted by molar-refractivity contribution is 7.94. The standard InChI is InChI=1S/C26H39N9O5S2/c1-33-21(14-27-17-41)32-25(19-6-5-18(7-8-28-19)42(4,37)38)26(33)29-15-24(36)35-11-9-34(10-12-35)16-20-30-22(39-2)13-23(31-20)40-3/h5-7,14,19,22,28-29,41H,8-13,15-17H2,1-4H3/b27-14-. The molecule has 4 heterocycles. The Balaban J connectivity index is 1.39. The summed E-state index contributed by atoms with van der Waals surface area (Å²) >= 11 is 4.14. The minimum absolute atomic E-state index is 0.0353. The highest BCUT2D eigenvalue weighted by atomic mass is 32.2. The minimum atomic E-state index is -3.35. The molecule has 0 bridgehead atoms. The Morgan fingerprint density at radius 2 is 2.05 bits per heavy atom. The first-order chi connectivity index (χ1) is 20.1. The summed E-state index contributed by atoms with van der Waals surface area (Å²) in [6.07, 6.45) is 7.99. The van der Waals surface area contributed by atoms with Crippen LogP contribution in [0.5, 0.6) is 0 Å². The van der Waals surface area contributed by atoms with Crippen LogP contribution in [0.25, 0.3) is 0 Å². The fourth-order valence-corrected chi connectivity index (χ4v) is 5.62. The maximum atomic E-state index is 13.2. The van der Waals surface area contributed by atoms with Gasteiger partial charge < -0.3 is 29.6 Å². The summed E-state index contributed by atoms with van der Waals surface area (Å²) < 4.78 is 36.6. The van der Waals surface area contributed by atoms with Crippen molar-refractivity contribution in [2.45, 2.75) is 18.7 Å². The van der Waals surface area contributed by atoms with E-state index >= 15 is 0 Å². The Kier molecular flexibility index (Phi) is 10.9. The smallest absolute Gasteiger partial charge is 0.242 e. The van der Waals surface area contributed by atoms with Gasteiger partial charge in [-0.1, -0.05) is 12.2 Å². The van der Waals surface area contributed by atoms with Crippen molar-refractivity contribution in [3.05, 3.63) is 34.7 Å². The normalized spacial score (nSPS) is 22.0. The molecule has 16 heteroatoms. The van der Waals surface area contributed by atoms with E-state index in [-0.39, 0.29) is 29.6 Å². The van der Waals surface area contributed by atoms with E-state index in [2.05, 4.69) is 43.1 Å². The van der Waals surface area contributed by atoms with Crippen molar-refractivity contribution in [1.82, 2.24) is 24.7 Å². The Morgan fingerprint density at radius 1 is 1.29 bits per heavy atom. The fraction of sp³-hybridized carbons (Fsp3) is 0.577. The molecule has 3 aliphatic rings. The number of carbonyl (C=O) groups excluding carboxylic acids is 1. The predicted octanol–water partition coefficient (Wildman–Crippen LogP) is 0.231. The molecule has 14 nitrogen and oxygen atoms in total. The first-order valence-corrected chi connectivity index (χ1v) is 16.1. The van der Waals surface area contributed by atoms with Gasteiger partial charge in [0.05, 0.1) is 49.7 Å². The molecule has 1 amide bonds. The lowest BCUT2D eigenvalue weighted by Gasteiger charge is -2.35. The molecule has 0 radical (unpaired) electrons. The third-order valence-corrected chi connectivity index (χ3v) is 8.48. The number of ether oxygens (including phenoxy) is 2. The maximum absolute atomic E-state index is 13.2. The summed E-state index contributed by atoms with van der Waals surface area (Å²) in [5.74, 6) is 2.75. The van der Waals surface area contributed by atoms with E-state index in [0.29, 0.717) is 80.6 Å². The molecule has 1 aromatic rings. The van der Waals surface area contributed by atoms with Crippen molar-refractivity contribution >= 4 is 52.1 Å². The number of carbonyl (C=O) groups is 1. The van der Waals surface area contributed by atoms with Crippen LogP contribution in [0.4, 0.5) is 5.82 Å². The van der Waals surface area contributed by atoms with Crippen molar-refractivity contribution in [2.24, 2.45) is 22.0 Å². The van der Waals surface area contributed by atoms with Crippen molar-refractivity contribution < 1.29 is 22.7 Å². The molecular weight excluding hydrogens is 582 g/mol. The quantitative estimate of drug-likeness (QED) is 0.246. The topological polar surface area (TPSA) is 155 Å². The van der Waals surface area contributed by atoms with E-state index in [1.165, 1.54) is 6.26 Å². The third kappa shape index (κ3) is 8.06. The van der Waals surface area contributed by atoms with Crippen LogP contribution in [0.3, 0.4) is 0 Å². The van der Waals surface area contributed by atoms with Gasteiger partial charge in [0.25, 0.3) is 0 Å². The minimum Gasteiger partial charge on any atom is -0.484 e. The lowest BCUT2D eigenvalue weighted by molar-refractivity contribution is -0.130. The van der Waals surface area contributed by atoms with E-state index in [1.54, 1.807) is 38.7 Å². The number of hydrogen-bond donors (Lipinski definition) is 3. The van der Waals surface area contributed by atoms with E-state index in [1.807, 2.05) is 16.5 Å². The highest BCUT2D eigenvalue weighted by Gasteiger charge is 2.26. The van der Waals surface area contributed by atoms with Crippen LogP contribution in [0.1, 0.15) is 24.0 Å². The number of piperazine rings is 1. The van der Waals surface area contributed by atoms with Gasteiger partial charge in [-0.3, -0.25) is 14.7 Å². The Hall–Kier alpha value is -3.05. The zero-order valence-corrected chi connectivity index (χ0v) is 26.1. The molecule has 0 spiro atoms. The second kappa shape index (κ2) is 14.4. The number of rotatable bonds is 10. The number of nitrogens with zero attached hydrogens (tertiary/aromatic N) is 7. The molecule has 42 heavy (non-hydrogen) atoms. The zero-order chi connectivity index (χ0) is 30.3. The third-order valence-electron chi connectivity index (χ3n) is 7.16. The SMILES string of the molecule is COC1=NC(CN2CCN(C(=O)CNc3c(C4C=CC(S(C)(=O)=O)=CCN4)nc(/C=N\CS)n3C)CC2)=NC(OC)C1. The lowest BCUT2D eigenvalue weighted by Crippen LogP contribution is -2.51. The summed E-state index contributed by atoms with van der Waals surface area (Å²) in [5.41, 5.74) is 0.633. The first kappa shape index (κ1) is 31.9. The maximum Gasteiger partial charge on any atom is 0.242 e. The number of imidazole rings is 1. The van der Waals surface area contributed by atoms with Crippen molar-refractivity contribution in [2.75, 3.05) is 77.5 Å². The van der Waals surface area contributed by atoms with Crippen LogP contribution < -0.4 is 10.6 Å². The Bertz CT molecular complexity index is 1390. The molecule has 2 N–H and O–H groups in total. The molecule has 0 saturated carbocycles. The molecule has 0 aliphatic carbocycles. The molecule has 1 saturated heterocycles. The van der Waals surface area contributed by atoms with Gasteiger partial charge in [0.1, 0.15) is 17.3 Å². The van der Waals surface area contributed by atoms with Crippen molar-refractivity contribution in [1.29, 1.82) is 0 Å². The second-order valence-electron chi connectivity index (χ2n) is 10.00. The van der Waals surface area contributed by atoms with E-state index in [0.717, 1.165) is 0 Å². The average molecular weight is 622 g/mol. The number of methoxy groups -OCH3 is 2. The number of anilines is 1. The second-order valence-corrected chi connectivity index (χ2v) is 12.3. The summed E-state index contributed by atoms with van der Waals surface area (Å²) in [5, 5.41) is 6.58. The summed E-state index contributed by atoms with van der Waals surface area (Å²) in [7, 11) is 1.69. The number of aromatic nitrogens is 2. The van der Waals surface area contributed by atoms with Crippen molar-refractivity contribution in [3.63, 3.8) is 0 Å². The fourth-order valence-electron chi connectivity index (χ4n) is 4.83. The molecule has 1 aromatic heterocycles. The van der Waals surface area contributed by atoms with E-state index < -0.39 is 9.84 Å². The number of amides is 1. The number of allylic oxidation sites excluding steroid dienone is 1. The number of hydrogen-bond acceptors (Lipinski definition) is 13. The number of thiol groups is 1. The first-order valence-electron chi connectivity index (χ1n) is 13.6. The van der Waals surface area contributed by atoms with Crippen LogP contribution >= 0.6 is 12.6 Å². The zero-order valence-electron chi connectivity index (χ0n) is 24.4. The summed E-state index contributed by atoms with van der Waals surface area (Å²) in [6, 6.07) is -0.382. The van der Waals surface area contributed by atoms with Gasteiger partial charge in [-0.15, -0.1) is 0 Å². The highest BCUT2D eigenvalue weighted by Crippen LogP contribution is 2.26. The predicted molar refractivity (Wildman–Crippen MR) is 166 cm³/mol. The summed E-state index contributed by atoms with van der Waals surface area (Å²) in [4.78, 5) is 35.4. The van der Waals surface area contributed by atoms with Crippen LogP contribution in [-0.2, 0) is 31.2 Å². The van der Waals surface area contributed by atoms with E-state index in [9.17, 15) is 13.2 Å². The Labute approximate surface area is 252 Å². The van der Waals surface area contributed by atoms with Gasteiger partial charge >= 0.3 is 0 Å². The van der Waals surface area contributed by atoms with Gasteiger partial charge in [0.2, 0.25) is 5.91 Å². The molecule has 1 fully saturated rings. The summed E-state index contributed by atoms with van der Waals surface area (Å²) in [6.45, 7) is 3.50. The van der Waals surface area contributed by atoms with Crippen LogP contribution in [0, 0.1) is 0 Å². The van der Waals surface area contributed by atoms with Gasteiger partial charge in [-0.2, -0.15) is 12.6 Å². The van der Waals surface area contributed by atoms with Crippen LogP contribution in [0.15, 0.2) is 38.1 Å². The molecule has 3 aliphatic heterocycles. The lowest BCUT2D eigenvalue weighted by atomic mass is 10.2. The van der Waals surface area contributed by atoms with Crippen molar-refractivity contribution in [3.8, 4) is 0 Å². The number of sulfone groups is 1. The van der Waals surface area contributed by atoms with Gasteiger partial charge in [0, 0.05) is 53.1 Å². The van der Waals surface area contributed by atoms with Gasteiger partial charge in [-0.25, -0.2) is 23.4 Å². The van der Waals surface area contributed by atoms with E-state index in [4.69, 9.17) is 14.5 Å². The average Bonchev–Trinajstić information content (AvgIpc) is 3.12. The Morgan fingerprint density at radius 3 is 2.71 bits per heavy atom. The molecule has 4 rings (SSSR count). The molecule has 0 aromatic carbocycles. The molecule has 2 unspecified atom stereocenters. The van der Waals surface area contributed by atoms with Crippen LogP contribution in [0.2, 0.25) is 0 Å². The molecule has 2 atom stereocenters. The van der Waals surface area contributed by atoms with Gasteiger partial charge in [0.15, 0.2) is 27.8 Å². The molecular formula is C26H39N9O5S2. The van der Waals surface area contributed by atoms with Gasteiger partial charge in [-0.05, 0) is 6.08 Å². The van der Waals surface area contributed by atoms with Crippen LogP contribution in [-0.4, -0.2) is 130 Å². The largest absolute Gasteiger partial charge is 0.484 e. The molecule has 230 valence electrons. The number of nitrogens with one attached hydrogen (secondary N) is 2. The number of amidine groups is 1.